The summed E-state index contributed by atoms with van der Waals surface area (Å²) < 4.78 is 0. The van der Waals surface area contributed by atoms with Crippen LogP contribution in [-0.2, 0) is 0 Å². The minimum atomic E-state index is 0.179. The lowest BCUT2D eigenvalue weighted by Gasteiger charge is -2.37. The van der Waals surface area contributed by atoms with Gasteiger partial charge in [0.15, 0.2) is 0 Å². The van der Waals surface area contributed by atoms with Crippen molar-refractivity contribution in [1.29, 1.82) is 0 Å². The number of nitrogens with two attached hydrogens (primary N) is 1. The van der Waals surface area contributed by atoms with Gasteiger partial charge in [-0.2, -0.15) is 0 Å². The zero-order chi connectivity index (χ0) is 13.2. The molecule has 0 aromatic carbocycles. The number of aromatic nitrogens is 1. The number of pyridine rings is 1. The molecule has 4 heteroatoms. The van der Waals surface area contributed by atoms with Gasteiger partial charge in [0.1, 0.15) is 10.7 Å². The van der Waals surface area contributed by atoms with Gasteiger partial charge < -0.3 is 10.6 Å². The predicted molar refractivity (Wildman–Crippen MR) is 77.4 cm³/mol. The fraction of sp³-hybridized carbons (Fsp3) is 0.538. The van der Waals surface area contributed by atoms with Crippen molar-refractivity contribution in [3.05, 3.63) is 24.0 Å². The second kappa shape index (κ2) is 5.00. The van der Waals surface area contributed by atoms with Crippen LogP contribution in [0, 0.1) is 5.41 Å². The van der Waals surface area contributed by atoms with E-state index < -0.39 is 0 Å². The molecule has 3 nitrogen and oxygen atoms in total. The normalized spacial score (nSPS) is 13.2. The van der Waals surface area contributed by atoms with Crippen LogP contribution >= 0.6 is 12.2 Å². The Kier molecular flexibility index (Phi) is 4.09. The van der Waals surface area contributed by atoms with Gasteiger partial charge in [0.2, 0.25) is 0 Å². The summed E-state index contributed by atoms with van der Waals surface area (Å²) in [7, 11) is 2.05. The van der Waals surface area contributed by atoms with Crippen LogP contribution in [0.4, 0.5) is 5.69 Å². The lowest BCUT2D eigenvalue weighted by atomic mass is 9.87. The van der Waals surface area contributed by atoms with Crippen LogP contribution in [0.25, 0.3) is 0 Å². The molecule has 0 amide bonds. The first-order valence-electron chi connectivity index (χ1n) is 5.72. The zero-order valence-electron chi connectivity index (χ0n) is 11.2. The van der Waals surface area contributed by atoms with Crippen molar-refractivity contribution < 1.29 is 0 Å². The van der Waals surface area contributed by atoms with Gasteiger partial charge in [-0.05, 0) is 24.5 Å². The van der Waals surface area contributed by atoms with E-state index in [0.29, 0.717) is 16.7 Å². The summed E-state index contributed by atoms with van der Waals surface area (Å²) in [6, 6.07) is 4.27. The van der Waals surface area contributed by atoms with E-state index in [0.717, 1.165) is 5.69 Å². The molecule has 17 heavy (non-hydrogen) atoms. The Morgan fingerprint density at radius 1 is 1.47 bits per heavy atom. The molecule has 0 bridgehead atoms. The summed E-state index contributed by atoms with van der Waals surface area (Å²) in [5, 5.41) is 0. The molecular weight excluding hydrogens is 230 g/mol. The van der Waals surface area contributed by atoms with Crippen LogP contribution in [-0.4, -0.2) is 23.1 Å². The van der Waals surface area contributed by atoms with Crippen molar-refractivity contribution in [2.75, 3.05) is 11.9 Å². The molecule has 1 rings (SSSR count). The average molecular weight is 251 g/mol. The molecule has 0 radical (unpaired) electrons. The van der Waals surface area contributed by atoms with Crippen LogP contribution in [0.15, 0.2) is 18.3 Å². The van der Waals surface area contributed by atoms with Gasteiger partial charge in [0.05, 0.1) is 5.69 Å². The number of anilines is 1. The van der Waals surface area contributed by atoms with Crippen LogP contribution in [0.5, 0.6) is 0 Å². The molecule has 0 aliphatic rings. The Hall–Kier alpha value is -1.16. The van der Waals surface area contributed by atoms with E-state index in [1.54, 1.807) is 6.20 Å². The minimum absolute atomic E-state index is 0.179. The van der Waals surface area contributed by atoms with Crippen LogP contribution in [0.1, 0.15) is 33.4 Å². The molecule has 0 aliphatic heterocycles. The molecule has 0 saturated heterocycles. The zero-order valence-corrected chi connectivity index (χ0v) is 12.0. The number of rotatable bonds is 3. The van der Waals surface area contributed by atoms with E-state index in [-0.39, 0.29) is 5.41 Å². The molecule has 0 aliphatic carbocycles. The SMILES string of the molecule is CC(N(C)c1cccnc1C(N)=S)C(C)(C)C. The van der Waals surface area contributed by atoms with Gasteiger partial charge in [-0.1, -0.05) is 33.0 Å². The van der Waals surface area contributed by atoms with Gasteiger partial charge >= 0.3 is 0 Å². The van der Waals surface area contributed by atoms with E-state index in [4.69, 9.17) is 18.0 Å². The predicted octanol–water partition coefficient (Wildman–Crippen LogP) is 2.59. The highest BCUT2D eigenvalue weighted by atomic mass is 32.1. The fourth-order valence-electron chi connectivity index (χ4n) is 1.66. The summed E-state index contributed by atoms with van der Waals surface area (Å²) in [6.07, 6.45) is 1.72. The molecule has 0 spiro atoms. The fourth-order valence-corrected chi connectivity index (χ4v) is 1.82. The van der Waals surface area contributed by atoms with Crippen molar-refractivity contribution in [3.63, 3.8) is 0 Å². The maximum Gasteiger partial charge on any atom is 0.124 e. The third-order valence-corrected chi connectivity index (χ3v) is 3.43. The largest absolute Gasteiger partial charge is 0.388 e. The maximum absolute atomic E-state index is 5.70. The van der Waals surface area contributed by atoms with Crippen molar-refractivity contribution >= 4 is 22.9 Å². The van der Waals surface area contributed by atoms with E-state index in [1.165, 1.54) is 0 Å². The van der Waals surface area contributed by atoms with Crippen LogP contribution < -0.4 is 10.6 Å². The molecule has 0 fully saturated rings. The van der Waals surface area contributed by atoms with E-state index >= 15 is 0 Å². The molecule has 1 aromatic heterocycles. The molecule has 1 aromatic rings. The molecule has 1 heterocycles. The maximum atomic E-state index is 5.70. The highest BCUT2D eigenvalue weighted by molar-refractivity contribution is 7.80. The van der Waals surface area contributed by atoms with Crippen LogP contribution in [0.2, 0.25) is 0 Å². The van der Waals surface area contributed by atoms with Gasteiger partial charge in [0, 0.05) is 19.3 Å². The Bertz CT molecular complexity index is 409. The van der Waals surface area contributed by atoms with Gasteiger partial charge in [-0.25, -0.2) is 0 Å². The summed E-state index contributed by atoms with van der Waals surface area (Å²) in [6.45, 7) is 8.83. The monoisotopic (exact) mass is 251 g/mol. The Balaban J connectivity index is 3.12. The number of thiocarbonyl (C=S) groups is 1. The van der Waals surface area contributed by atoms with Crippen molar-refractivity contribution in [1.82, 2.24) is 4.98 Å². The Morgan fingerprint density at radius 3 is 2.53 bits per heavy atom. The second-order valence-electron chi connectivity index (χ2n) is 5.39. The Morgan fingerprint density at radius 2 is 2.06 bits per heavy atom. The number of nitrogens with zero attached hydrogens (tertiary/aromatic N) is 2. The first kappa shape index (κ1) is 13.9. The first-order chi connectivity index (χ1) is 7.75. The van der Waals surface area contributed by atoms with Gasteiger partial charge in [-0.3, -0.25) is 4.98 Å². The first-order valence-corrected chi connectivity index (χ1v) is 6.13. The second-order valence-corrected chi connectivity index (χ2v) is 5.83. The minimum Gasteiger partial charge on any atom is -0.388 e. The Labute approximate surface area is 109 Å². The molecule has 1 unspecified atom stereocenters. The number of hydrogen-bond donors (Lipinski definition) is 1. The quantitative estimate of drug-likeness (QED) is 0.839. The highest BCUT2D eigenvalue weighted by Crippen LogP contribution is 2.28. The van der Waals surface area contributed by atoms with Crippen LogP contribution in [0.3, 0.4) is 0 Å². The summed E-state index contributed by atoms with van der Waals surface area (Å²) >= 11 is 5.04. The molecule has 1 atom stereocenters. The molecular formula is C13H21N3S. The van der Waals surface area contributed by atoms with E-state index in [9.17, 15) is 0 Å². The third-order valence-electron chi connectivity index (χ3n) is 3.23. The average Bonchev–Trinajstić information content (AvgIpc) is 2.25. The summed E-state index contributed by atoms with van der Waals surface area (Å²) in [4.78, 5) is 6.78. The third kappa shape index (κ3) is 3.16. The number of hydrogen-bond acceptors (Lipinski definition) is 3. The highest BCUT2D eigenvalue weighted by Gasteiger charge is 2.25. The summed E-state index contributed by atoms with van der Waals surface area (Å²) in [5.74, 6) is 0. The van der Waals surface area contributed by atoms with Crippen molar-refractivity contribution in [3.8, 4) is 0 Å². The molecule has 94 valence electrons. The van der Waals surface area contributed by atoms with Crippen molar-refractivity contribution in [2.45, 2.75) is 33.7 Å². The van der Waals surface area contributed by atoms with E-state index in [1.807, 2.05) is 12.1 Å². The van der Waals surface area contributed by atoms with E-state index in [2.05, 4.69) is 44.6 Å². The smallest absolute Gasteiger partial charge is 0.124 e. The van der Waals surface area contributed by atoms with Gasteiger partial charge in [-0.15, -0.1) is 0 Å². The molecule has 0 saturated carbocycles. The standard InChI is InChI=1S/C13H21N3S/c1-9(13(2,3)4)16(5)10-7-6-8-15-11(10)12(14)17/h6-9H,1-5H3,(H2,14,17). The molecule has 2 N–H and O–H groups in total. The lowest BCUT2D eigenvalue weighted by Crippen LogP contribution is -2.40. The topological polar surface area (TPSA) is 42.2 Å². The van der Waals surface area contributed by atoms with Crippen molar-refractivity contribution in [2.24, 2.45) is 11.1 Å². The van der Waals surface area contributed by atoms with Gasteiger partial charge in [0.25, 0.3) is 0 Å². The summed E-state index contributed by atoms with van der Waals surface area (Å²) in [5.41, 5.74) is 7.57. The lowest BCUT2D eigenvalue weighted by molar-refractivity contribution is 0.329.